The van der Waals surface area contributed by atoms with Crippen LogP contribution in [-0.4, -0.2) is 17.0 Å². The number of nitrogens with zero attached hydrogens (tertiary/aromatic N) is 1. The van der Waals surface area contributed by atoms with E-state index in [4.69, 9.17) is 16.3 Å². The normalized spacial score (nSPS) is 10.6. The van der Waals surface area contributed by atoms with Crippen molar-refractivity contribution in [3.8, 4) is 5.75 Å². The minimum atomic E-state index is -0.262. The number of benzene rings is 2. The molecule has 0 unspecified atom stereocenters. The van der Waals surface area contributed by atoms with E-state index in [1.807, 2.05) is 56.3 Å². The average molecular weight is 396 g/mol. The monoisotopic (exact) mass is 395 g/mol. The van der Waals surface area contributed by atoms with Gasteiger partial charge in [0.1, 0.15) is 11.4 Å². The fourth-order valence-corrected chi connectivity index (χ4v) is 2.65. The molecule has 0 bridgehead atoms. The third-order valence-electron chi connectivity index (χ3n) is 3.89. The number of carbonyl (C=O) groups is 1. The summed E-state index contributed by atoms with van der Waals surface area (Å²) in [6, 6.07) is 18.4. The van der Waals surface area contributed by atoms with Crippen LogP contribution >= 0.6 is 11.6 Å². The number of carbonyl (C=O) groups excluding carboxylic acids is 1. The maximum Gasteiger partial charge on any atom is 0.274 e. The van der Waals surface area contributed by atoms with Crippen LogP contribution in [0.2, 0.25) is 5.02 Å². The van der Waals surface area contributed by atoms with Crippen molar-refractivity contribution in [1.82, 2.24) is 4.98 Å². The van der Waals surface area contributed by atoms with Crippen molar-refractivity contribution in [3.63, 3.8) is 0 Å². The minimum absolute atomic E-state index is 0.108. The second-order valence-corrected chi connectivity index (χ2v) is 6.99. The van der Waals surface area contributed by atoms with Crippen molar-refractivity contribution in [2.24, 2.45) is 0 Å². The Labute approximate surface area is 169 Å². The maximum absolute atomic E-state index is 12.4. The molecule has 0 atom stereocenters. The molecule has 0 saturated heterocycles. The fourth-order valence-electron chi connectivity index (χ4n) is 2.52. The van der Waals surface area contributed by atoms with Gasteiger partial charge in [0.25, 0.3) is 5.91 Å². The van der Waals surface area contributed by atoms with E-state index in [-0.39, 0.29) is 12.0 Å². The molecule has 0 spiro atoms. The summed E-state index contributed by atoms with van der Waals surface area (Å²) in [5.41, 5.74) is 2.98. The number of hydrogen-bond donors (Lipinski definition) is 2. The molecular formula is C22H22ClN3O2. The molecule has 0 aliphatic heterocycles. The zero-order chi connectivity index (χ0) is 19.9. The molecule has 28 heavy (non-hydrogen) atoms. The van der Waals surface area contributed by atoms with Gasteiger partial charge in [0.15, 0.2) is 0 Å². The molecule has 5 nitrogen and oxygen atoms in total. The van der Waals surface area contributed by atoms with Crippen LogP contribution in [0.3, 0.4) is 0 Å². The Balaban J connectivity index is 1.55. The molecule has 0 saturated carbocycles. The lowest BCUT2D eigenvalue weighted by Crippen LogP contribution is -2.14. The largest absolute Gasteiger partial charge is 0.491 e. The number of aromatic nitrogens is 1. The predicted molar refractivity (Wildman–Crippen MR) is 113 cm³/mol. The molecule has 3 rings (SSSR count). The first kappa shape index (κ1) is 19.7. The van der Waals surface area contributed by atoms with Gasteiger partial charge in [0, 0.05) is 17.3 Å². The van der Waals surface area contributed by atoms with Crippen LogP contribution in [0.15, 0.2) is 66.9 Å². The second kappa shape index (κ2) is 9.24. The summed E-state index contributed by atoms with van der Waals surface area (Å²) in [6.45, 7) is 4.58. The van der Waals surface area contributed by atoms with Crippen molar-refractivity contribution < 1.29 is 9.53 Å². The van der Waals surface area contributed by atoms with Crippen LogP contribution in [0.4, 0.5) is 11.4 Å². The molecule has 2 aromatic carbocycles. The number of anilines is 2. The fraction of sp³-hybridized carbons (Fsp3) is 0.182. The third kappa shape index (κ3) is 5.72. The maximum atomic E-state index is 12.4. The molecule has 1 heterocycles. The number of pyridine rings is 1. The van der Waals surface area contributed by atoms with E-state index in [9.17, 15) is 4.79 Å². The first-order valence-electron chi connectivity index (χ1n) is 9.02. The first-order chi connectivity index (χ1) is 13.5. The average Bonchev–Trinajstić information content (AvgIpc) is 2.69. The Hall–Kier alpha value is -3.05. The topological polar surface area (TPSA) is 63.2 Å². The van der Waals surface area contributed by atoms with Gasteiger partial charge in [-0.25, -0.2) is 4.98 Å². The zero-order valence-electron chi connectivity index (χ0n) is 15.8. The molecule has 2 N–H and O–H groups in total. The van der Waals surface area contributed by atoms with Crippen molar-refractivity contribution >= 4 is 28.9 Å². The molecule has 6 heteroatoms. The molecule has 0 aliphatic rings. The van der Waals surface area contributed by atoms with E-state index in [1.54, 1.807) is 24.4 Å². The number of ether oxygens (including phenoxy) is 1. The van der Waals surface area contributed by atoms with Crippen LogP contribution in [0, 0.1) is 0 Å². The first-order valence-corrected chi connectivity index (χ1v) is 9.40. The Bertz CT molecular complexity index is 908. The summed E-state index contributed by atoms with van der Waals surface area (Å²) >= 11 is 5.89. The molecule has 3 aromatic rings. The Morgan fingerprint density at radius 2 is 1.68 bits per heavy atom. The lowest BCUT2D eigenvalue weighted by atomic mass is 10.2. The van der Waals surface area contributed by atoms with Crippen LogP contribution in [0.25, 0.3) is 0 Å². The van der Waals surface area contributed by atoms with Gasteiger partial charge in [-0.3, -0.25) is 4.79 Å². The second-order valence-electron chi connectivity index (χ2n) is 6.56. The van der Waals surface area contributed by atoms with Gasteiger partial charge >= 0.3 is 0 Å². The van der Waals surface area contributed by atoms with Gasteiger partial charge < -0.3 is 15.4 Å². The third-order valence-corrected chi connectivity index (χ3v) is 4.14. The van der Waals surface area contributed by atoms with E-state index in [2.05, 4.69) is 15.6 Å². The standard InChI is InChI=1S/C22H22ClN3O2/c1-15(2)28-20-10-7-18(8-11-20)26-22(27)21-12-9-19(14-25-21)24-13-16-3-5-17(23)6-4-16/h3-12,14-15,24H,13H2,1-2H3,(H,26,27). The molecular weight excluding hydrogens is 374 g/mol. The van der Waals surface area contributed by atoms with E-state index in [1.165, 1.54) is 0 Å². The molecule has 0 radical (unpaired) electrons. The number of hydrogen-bond acceptors (Lipinski definition) is 4. The van der Waals surface area contributed by atoms with Gasteiger partial charge in [-0.1, -0.05) is 23.7 Å². The van der Waals surface area contributed by atoms with Crippen molar-refractivity contribution in [2.45, 2.75) is 26.5 Å². The zero-order valence-corrected chi connectivity index (χ0v) is 16.5. The van der Waals surface area contributed by atoms with Crippen LogP contribution in [-0.2, 0) is 6.54 Å². The lowest BCUT2D eigenvalue weighted by molar-refractivity contribution is 0.102. The molecule has 1 amide bonds. The summed E-state index contributed by atoms with van der Waals surface area (Å²) in [6.07, 6.45) is 1.75. The van der Waals surface area contributed by atoms with E-state index >= 15 is 0 Å². The highest BCUT2D eigenvalue weighted by Crippen LogP contribution is 2.18. The highest BCUT2D eigenvalue weighted by atomic mass is 35.5. The van der Waals surface area contributed by atoms with Gasteiger partial charge in [0.2, 0.25) is 0 Å². The molecule has 144 valence electrons. The SMILES string of the molecule is CC(C)Oc1ccc(NC(=O)c2ccc(NCc3ccc(Cl)cc3)cn2)cc1. The van der Waals surface area contributed by atoms with Crippen LogP contribution in [0.5, 0.6) is 5.75 Å². The number of amides is 1. The van der Waals surface area contributed by atoms with E-state index < -0.39 is 0 Å². The van der Waals surface area contributed by atoms with Crippen molar-refractivity contribution in [2.75, 3.05) is 10.6 Å². The summed E-state index contributed by atoms with van der Waals surface area (Å²) < 4.78 is 5.59. The number of nitrogens with one attached hydrogen (secondary N) is 2. The van der Waals surface area contributed by atoms with Gasteiger partial charge in [0.05, 0.1) is 18.0 Å². The van der Waals surface area contributed by atoms with Crippen molar-refractivity contribution in [3.05, 3.63) is 83.1 Å². The van der Waals surface area contributed by atoms with Gasteiger partial charge in [-0.05, 0) is 67.9 Å². The molecule has 1 aromatic heterocycles. The Kier molecular flexibility index (Phi) is 6.50. The smallest absolute Gasteiger partial charge is 0.274 e. The van der Waals surface area contributed by atoms with Crippen LogP contribution in [0.1, 0.15) is 29.9 Å². The highest BCUT2D eigenvalue weighted by Gasteiger charge is 2.08. The van der Waals surface area contributed by atoms with Gasteiger partial charge in [-0.2, -0.15) is 0 Å². The quantitative estimate of drug-likeness (QED) is 0.563. The minimum Gasteiger partial charge on any atom is -0.491 e. The summed E-state index contributed by atoms with van der Waals surface area (Å²) in [7, 11) is 0. The summed E-state index contributed by atoms with van der Waals surface area (Å²) in [5.74, 6) is 0.504. The summed E-state index contributed by atoms with van der Waals surface area (Å²) in [4.78, 5) is 16.6. The predicted octanol–water partition coefficient (Wildman–Crippen LogP) is 5.39. The van der Waals surface area contributed by atoms with Gasteiger partial charge in [-0.15, -0.1) is 0 Å². The Morgan fingerprint density at radius 1 is 1.00 bits per heavy atom. The molecule has 0 fully saturated rings. The lowest BCUT2D eigenvalue weighted by Gasteiger charge is -2.11. The molecule has 0 aliphatic carbocycles. The highest BCUT2D eigenvalue weighted by molar-refractivity contribution is 6.30. The Morgan fingerprint density at radius 3 is 2.29 bits per heavy atom. The van der Waals surface area contributed by atoms with E-state index in [0.717, 1.165) is 17.0 Å². The van der Waals surface area contributed by atoms with Crippen molar-refractivity contribution in [1.29, 1.82) is 0 Å². The number of rotatable bonds is 7. The van der Waals surface area contributed by atoms with E-state index in [0.29, 0.717) is 22.9 Å². The van der Waals surface area contributed by atoms with Crippen LogP contribution < -0.4 is 15.4 Å². The summed E-state index contributed by atoms with van der Waals surface area (Å²) in [5, 5.41) is 6.81. The number of halogens is 1.